The van der Waals surface area contributed by atoms with Crippen LogP contribution in [0.5, 0.6) is 0 Å². The number of Topliss-reactive ketones (excluding diaryl/α,β-unsaturated/α-hetero) is 1. The van der Waals surface area contributed by atoms with Gasteiger partial charge in [0.2, 0.25) is 0 Å². The van der Waals surface area contributed by atoms with Crippen molar-refractivity contribution in [1.29, 1.82) is 0 Å². The van der Waals surface area contributed by atoms with E-state index >= 15 is 0 Å². The lowest BCUT2D eigenvalue weighted by Gasteiger charge is -2.47. The highest BCUT2D eigenvalue weighted by Gasteiger charge is 2.50. The van der Waals surface area contributed by atoms with Crippen LogP contribution >= 0.6 is 0 Å². The Labute approximate surface area is 165 Å². The summed E-state index contributed by atoms with van der Waals surface area (Å²) < 4.78 is 5.31. The van der Waals surface area contributed by atoms with Gasteiger partial charge in [-0.2, -0.15) is 0 Å². The lowest BCUT2D eigenvalue weighted by atomic mass is 9.56. The molecule has 4 heteroatoms. The van der Waals surface area contributed by atoms with Crippen LogP contribution in [0.25, 0.3) is 0 Å². The van der Waals surface area contributed by atoms with Crippen LogP contribution in [0.4, 0.5) is 0 Å². The monoisotopic (exact) mass is 380 g/mol. The Morgan fingerprint density at radius 1 is 1.07 bits per heavy atom. The van der Waals surface area contributed by atoms with Crippen molar-refractivity contribution in [2.24, 2.45) is 28.1 Å². The Morgan fingerprint density at radius 2 is 1.63 bits per heavy atom. The van der Waals surface area contributed by atoms with Gasteiger partial charge in [-0.05, 0) is 49.4 Å². The van der Waals surface area contributed by atoms with E-state index in [1.807, 2.05) is 0 Å². The zero-order valence-electron chi connectivity index (χ0n) is 18.6. The molecular weight excluding hydrogens is 340 g/mol. The van der Waals surface area contributed by atoms with Gasteiger partial charge < -0.3 is 9.84 Å². The summed E-state index contributed by atoms with van der Waals surface area (Å²) in [4.78, 5) is 25.3. The summed E-state index contributed by atoms with van der Waals surface area (Å²) in [6, 6.07) is 0. The van der Waals surface area contributed by atoms with Gasteiger partial charge in [0.05, 0.1) is 12.7 Å². The maximum absolute atomic E-state index is 13.7. The van der Waals surface area contributed by atoms with Gasteiger partial charge in [0.1, 0.15) is 5.78 Å². The minimum Gasteiger partial charge on any atom is -0.462 e. The quantitative estimate of drug-likeness (QED) is 0.523. The number of carbonyl (C=O) groups is 2. The predicted octanol–water partition coefficient (Wildman–Crippen LogP) is 4.94. The van der Waals surface area contributed by atoms with Gasteiger partial charge in [0, 0.05) is 16.9 Å². The fourth-order valence-corrected chi connectivity index (χ4v) is 4.18. The zero-order valence-corrected chi connectivity index (χ0v) is 18.6. The highest BCUT2D eigenvalue weighted by atomic mass is 16.5. The summed E-state index contributed by atoms with van der Waals surface area (Å²) in [5, 5.41) is 10.6. The Morgan fingerprint density at radius 3 is 2.07 bits per heavy atom. The van der Waals surface area contributed by atoms with Gasteiger partial charge in [-0.25, -0.2) is 4.79 Å². The third kappa shape index (κ3) is 6.17. The molecule has 0 saturated heterocycles. The first kappa shape index (κ1) is 23.9. The number of hydrogen-bond donors (Lipinski definition) is 1. The standard InChI is InChI=1S/C23H40O4/c1-15(2)20(26)27-13-16-10-11-18(24)17(12-16)19(25)23(9,22(6,7)8)14-21(3,4)5/h16-18,24H,1,10-14H2,2-9H3. The number of ether oxygens (including phenoxy) is 1. The first-order valence-electron chi connectivity index (χ1n) is 10.1. The molecule has 1 fully saturated rings. The van der Waals surface area contributed by atoms with E-state index in [0.29, 0.717) is 18.4 Å². The van der Waals surface area contributed by atoms with Crippen molar-refractivity contribution in [3.05, 3.63) is 12.2 Å². The van der Waals surface area contributed by atoms with Crippen LogP contribution < -0.4 is 0 Å². The predicted molar refractivity (Wildman–Crippen MR) is 109 cm³/mol. The Kier molecular flexibility index (Phi) is 7.49. The van der Waals surface area contributed by atoms with Crippen molar-refractivity contribution < 1.29 is 19.4 Å². The van der Waals surface area contributed by atoms with Crippen molar-refractivity contribution in [3.63, 3.8) is 0 Å². The second-order valence-electron chi connectivity index (χ2n) is 10.9. The van der Waals surface area contributed by atoms with Crippen molar-refractivity contribution in [2.45, 2.75) is 87.2 Å². The summed E-state index contributed by atoms with van der Waals surface area (Å²) in [7, 11) is 0. The van der Waals surface area contributed by atoms with Crippen LogP contribution in [0, 0.1) is 28.1 Å². The van der Waals surface area contributed by atoms with E-state index in [4.69, 9.17) is 4.74 Å². The number of hydrogen-bond acceptors (Lipinski definition) is 4. The molecule has 0 spiro atoms. The van der Waals surface area contributed by atoms with E-state index in [2.05, 4.69) is 55.0 Å². The van der Waals surface area contributed by atoms with Gasteiger partial charge in [-0.3, -0.25) is 4.79 Å². The van der Waals surface area contributed by atoms with E-state index in [1.54, 1.807) is 6.92 Å². The van der Waals surface area contributed by atoms with Crippen LogP contribution in [0.1, 0.15) is 81.1 Å². The SMILES string of the molecule is C=C(C)C(=O)OCC1CCC(O)C(C(=O)C(C)(CC(C)(C)C)C(C)(C)C)C1. The molecule has 1 aliphatic carbocycles. The van der Waals surface area contributed by atoms with Crippen LogP contribution in [-0.2, 0) is 14.3 Å². The second-order valence-corrected chi connectivity index (χ2v) is 10.9. The molecular formula is C23H40O4. The largest absolute Gasteiger partial charge is 0.462 e. The smallest absolute Gasteiger partial charge is 0.333 e. The number of aliphatic hydroxyl groups excluding tert-OH is 1. The molecule has 4 nitrogen and oxygen atoms in total. The topological polar surface area (TPSA) is 63.6 Å². The van der Waals surface area contributed by atoms with E-state index in [1.165, 1.54) is 0 Å². The molecule has 1 rings (SSSR count). The van der Waals surface area contributed by atoms with Gasteiger partial charge in [0.15, 0.2) is 0 Å². The molecule has 4 unspecified atom stereocenters. The summed E-state index contributed by atoms with van der Waals surface area (Å²) >= 11 is 0. The Balaban J connectivity index is 2.99. The minimum atomic E-state index is -0.618. The third-order valence-corrected chi connectivity index (χ3v) is 6.14. The van der Waals surface area contributed by atoms with Crippen LogP contribution in [-0.4, -0.2) is 29.6 Å². The molecule has 156 valence electrons. The van der Waals surface area contributed by atoms with Gasteiger partial charge >= 0.3 is 5.97 Å². The van der Waals surface area contributed by atoms with E-state index < -0.39 is 23.4 Å². The molecule has 27 heavy (non-hydrogen) atoms. The maximum Gasteiger partial charge on any atom is 0.333 e. The fraction of sp³-hybridized carbons (Fsp3) is 0.826. The average molecular weight is 381 g/mol. The number of esters is 1. The summed E-state index contributed by atoms with van der Waals surface area (Å²) in [6.07, 6.45) is 2.05. The zero-order chi connectivity index (χ0) is 21.2. The summed E-state index contributed by atoms with van der Waals surface area (Å²) in [5.41, 5.74) is -0.360. The normalized spacial score (nSPS) is 26.2. The van der Waals surface area contributed by atoms with Gasteiger partial charge in [0.25, 0.3) is 0 Å². The molecule has 0 aliphatic heterocycles. The van der Waals surface area contributed by atoms with Crippen LogP contribution in [0.15, 0.2) is 12.2 Å². The van der Waals surface area contributed by atoms with E-state index in [9.17, 15) is 14.7 Å². The molecule has 0 heterocycles. The molecule has 0 amide bonds. The van der Waals surface area contributed by atoms with E-state index in [0.717, 1.165) is 12.8 Å². The number of aliphatic hydroxyl groups is 1. The molecule has 1 N–H and O–H groups in total. The van der Waals surface area contributed by atoms with Crippen molar-refractivity contribution in [2.75, 3.05) is 6.61 Å². The first-order chi connectivity index (χ1) is 12.1. The van der Waals surface area contributed by atoms with Crippen LogP contribution in [0.2, 0.25) is 0 Å². The lowest BCUT2D eigenvalue weighted by Crippen LogP contribution is -2.50. The maximum atomic E-state index is 13.7. The van der Waals surface area contributed by atoms with Gasteiger partial charge in [-0.1, -0.05) is 55.0 Å². The number of carbonyl (C=O) groups excluding carboxylic acids is 2. The minimum absolute atomic E-state index is 0.00767. The second kappa shape index (κ2) is 8.46. The van der Waals surface area contributed by atoms with E-state index in [-0.39, 0.29) is 29.1 Å². The average Bonchev–Trinajstić information content (AvgIpc) is 2.50. The summed E-state index contributed by atoms with van der Waals surface area (Å²) in [6.45, 7) is 20.4. The molecule has 1 saturated carbocycles. The third-order valence-electron chi connectivity index (χ3n) is 6.14. The highest BCUT2D eigenvalue weighted by molar-refractivity contribution is 5.88. The Bertz CT molecular complexity index is 564. The molecule has 0 aromatic heterocycles. The van der Waals surface area contributed by atoms with Crippen molar-refractivity contribution in [1.82, 2.24) is 0 Å². The molecule has 0 bridgehead atoms. The molecule has 4 atom stereocenters. The van der Waals surface area contributed by atoms with Crippen LogP contribution in [0.3, 0.4) is 0 Å². The Hall–Kier alpha value is -1.16. The lowest BCUT2D eigenvalue weighted by molar-refractivity contribution is -0.148. The summed E-state index contributed by atoms with van der Waals surface area (Å²) in [5.74, 6) is -0.548. The molecule has 1 aliphatic rings. The number of ketones is 1. The first-order valence-corrected chi connectivity index (χ1v) is 10.1. The van der Waals surface area contributed by atoms with Crippen molar-refractivity contribution >= 4 is 11.8 Å². The van der Waals surface area contributed by atoms with Crippen molar-refractivity contribution in [3.8, 4) is 0 Å². The molecule has 0 aromatic rings. The molecule has 0 radical (unpaired) electrons. The number of rotatable bonds is 6. The fourth-order valence-electron chi connectivity index (χ4n) is 4.18. The highest BCUT2D eigenvalue weighted by Crippen LogP contribution is 2.50. The molecule has 0 aromatic carbocycles. The van der Waals surface area contributed by atoms with Gasteiger partial charge in [-0.15, -0.1) is 0 Å².